The largest absolute Gasteiger partial charge is 0.461 e. The second kappa shape index (κ2) is 7.73. The van der Waals surface area contributed by atoms with Crippen LogP contribution in [0.2, 0.25) is 0 Å². The van der Waals surface area contributed by atoms with Gasteiger partial charge in [-0.2, -0.15) is 0 Å². The molecule has 0 aliphatic heterocycles. The summed E-state index contributed by atoms with van der Waals surface area (Å²) in [6.07, 6.45) is 0. The molecule has 1 heterocycles. The van der Waals surface area contributed by atoms with E-state index in [1.165, 1.54) is 31.2 Å². The van der Waals surface area contributed by atoms with Crippen molar-refractivity contribution >= 4 is 44.2 Å². The third-order valence-electron chi connectivity index (χ3n) is 3.91. The Kier molecular flexibility index (Phi) is 5.36. The number of nitrogens with one attached hydrogen (secondary N) is 3. The van der Waals surface area contributed by atoms with E-state index in [4.69, 9.17) is 4.74 Å². The first kappa shape index (κ1) is 19.4. The Morgan fingerprint density at radius 2 is 1.75 bits per heavy atom. The van der Waals surface area contributed by atoms with Crippen LogP contribution in [0.1, 0.15) is 24.3 Å². The van der Waals surface area contributed by atoms with Gasteiger partial charge >= 0.3 is 5.97 Å². The van der Waals surface area contributed by atoms with Crippen molar-refractivity contribution in [2.45, 2.75) is 18.7 Å². The fourth-order valence-electron chi connectivity index (χ4n) is 2.72. The summed E-state index contributed by atoms with van der Waals surface area (Å²) in [5.74, 6) is -0.913. The summed E-state index contributed by atoms with van der Waals surface area (Å²) in [7, 11) is -3.98. The lowest BCUT2D eigenvalue weighted by Crippen LogP contribution is -2.16. The third-order valence-corrected chi connectivity index (χ3v) is 5.27. The number of sulfonamides is 1. The summed E-state index contributed by atoms with van der Waals surface area (Å²) in [5, 5.41) is 3.12. The molecule has 146 valence electrons. The molecule has 8 nitrogen and oxygen atoms in total. The molecule has 3 N–H and O–H groups in total. The zero-order chi connectivity index (χ0) is 20.3. The number of anilines is 2. The van der Waals surface area contributed by atoms with Gasteiger partial charge in [0.25, 0.3) is 10.0 Å². The van der Waals surface area contributed by atoms with Crippen LogP contribution in [-0.2, 0) is 19.6 Å². The van der Waals surface area contributed by atoms with Crippen LogP contribution in [0.4, 0.5) is 11.4 Å². The standard InChI is InChI=1S/C19H19N3O5S/c1-3-27-19(24)18-17(15-6-4-5-7-16(15)21-18)22-28(25,26)14-10-8-13(9-11-14)20-12(2)23/h4-11,21-22H,3H2,1-2H3,(H,20,23). The third kappa shape index (κ3) is 3.99. The first-order chi connectivity index (χ1) is 13.3. The number of hydrogen-bond acceptors (Lipinski definition) is 5. The average Bonchev–Trinajstić information content (AvgIpc) is 3.00. The molecular weight excluding hydrogens is 382 g/mol. The van der Waals surface area contributed by atoms with Crippen LogP contribution >= 0.6 is 0 Å². The molecule has 0 fully saturated rings. The van der Waals surface area contributed by atoms with Crippen molar-refractivity contribution < 1.29 is 22.7 Å². The van der Waals surface area contributed by atoms with Crippen molar-refractivity contribution in [2.24, 2.45) is 0 Å². The number of ether oxygens (including phenoxy) is 1. The minimum atomic E-state index is -3.98. The molecule has 0 aliphatic carbocycles. The van der Waals surface area contributed by atoms with Gasteiger partial charge in [0.15, 0.2) is 5.69 Å². The monoisotopic (exact) mass is 401 g/mol. The predicted octanol–water partition coefficient (Wildman–Crippen LogP) is 3.10. The van der Waals surface area contributed by atoms with Gasteiger partial charge in [-0.15, -0.1) is 0 Å². The van der Waals surface area contributed by atoms with Crippen LogP contribution < -0.4 is 10.0 Å². The molecule has 0 radical (unpaired) electrons. The maximum Gasteiger partial charge on any atom is 0.356 e. The molecule has 2 aromatic carbocycles. The minimum Gasteiger partial charge on any atom is -0.461 e. The second-order valence-electron chi connectivity index (χ2n) is 5.95. The van der Waals surface area contributed by atoms with Gasteiger partial charge in [-0.05, 0) is 37.3 Å². The SMILES string of the molecule is CCOC(=O)c1[nH]c2ccccc2c1NS(=O)(=O)c1ccc(NC(C)=O)cc1. The van der Waals surface area contributed by atoms with Gasteiger partial charge in [0.1, 0.15) is 0 Å². The fraction of sp³-hybridized carbons (Fsp3) is 0.158. The number of fused-ring (bicyclic) bond motifs is 1. The van der Waals surface area contributed by atoms with Crippen LogP contribution in [-0.4, -0.2) is 31.9 Å². The second-order valence-corrected chi connectivity index (χ2v) is 7.63. The van der Waals surface area contributed by atoms with E-state index in [0.717, 1.165) is 0 Å². The molecule has 1 aromatic heterocycles. The zero-order valence-electron chi connectivity index (χ0n) is 15.3. The van der Waals surface area contributed by atoms with Crippen LogP contribution in [0, 0.1) is 0 Å². The number of benzene rings is 2. The molecule has 0 atom stereocenters. The molecular formula is C19H19N3O5S. The number of hydrogen-bond donors (Lipinski definition) is 3. The Bertz CT molecular complexity index is 1130. The summed E-state index contributed by atoms with van der Waals surface area (Å²) < 4.78 is 33.2. The van der Waals surface area contributed by atoms with Gasteiger partial charge in [0.2, 0.25) is 5.91 Å². The lowest BCUT2D eigenvalue weighted by atomic mass is 10.2. The van der Waals surface area contributed by atoms with Gasteiger partial charge in [-0.1, -0.05) is 18.2 Å². The Labute approximate surface area is 162 Å². The summed E-state index contributed by atoms with van der Waals surface area (Å²) >= 11 is 0. The van der Waals surface area contributed by atoms with Crippen molar-refractivity contribution in [3.8, 4) is 0 Å². The minimum absolute atomic E-state index is 0.0123. The number of para-hydroxylation sites is 1. The van der Waals surface area contributed by atoms with Gasteiger partial charge in [0.05, 0.1) is 17.2 Å². The number of esters is 1. The summed E-state index contributed by atoms with van der Waals surface area (Å²) in [4.78, 5) is 26.3. The van der Waals surface area contributed by atoms with Gasteiger partial charge in [-0.25, -0.2) is 13.2 Å². The van der Waals surface area contributed by atoms with Crippen LogP contribution in [0.25, 0.3) is 10.9 Å². The molecule has 1 amide bonds. The molecule has 3 rings (SSSR count). The maximum atomic E-state index is 12.8. The first-order valence-corrected chi connectivity index (χ1v) is 9.98. The highest BCUT2D eigenvalue weighted by atomic mass is 32.2. The van der Waals surface area contributed by atoms with Crippen LogP contribution in [0.15, 0.2) is 53.4 Å². The number of amides is 1. The molecule has 9 heteroatoms. The molecule has 3 aromatic rings. The van der Waals surface area contributed by atoms with E-state index in [0.29, 0.717) is 16.6 Å². The Morgan fingerprint density at radius 1 is 1.07 bits per heavy atom. The number of aromatic amines is 1. The van der Waals surface area contributed by atoms with Crippen molar-refractivity contribution in [1.82, 2.24) is 4.98 Å². The fourth-order valence-corrected chi connectivity index (χ4v) is 3.81. The van der Waals surface area contributed by atoms with E-state index in [9.17, 15) is 18.0 Å². The number of H-pyrrole nitrogens is 1. The molecule has 0 bridgehead atoms. The van der Waals surface area contributed by atoms with Crippen molar-refractivity contribution in [3.63, 3.8) is 0 Å². The Morgan fingerprint density at radius 3 is 2.39 bits per heavy atom. The van der Waals surface area contributed by atoms with E-state index in [1.807, 2.05) is 0 Å². The summed E-state index contributed by atoms with van der Waals surface area (Å²) in [6.45, 7) is 3.19. The lowest BCUT2D eigenvalue weighted by molar-refractivity contribution is -0.114. The smallest absolute Gasteiger partial charge is 0.356 e. The number of carbonyl (C=O) groups excluding carboxylic acids is 2. The predicted molar refractivity (Wildman–Crippen MR) is 106 cm³/mol. The van der Waals surface area contributed by atoms with E-state index in [2.05, 4.69) is 15.0 Å². The first-order valence-electron chi connectivity index (χ1n) is 8.50. The number of aromatic nitrogens is 1. The molecule has 28 heavy (non-hydrogen) atoms. The normalized spacial score (nSPS) is 11.2. The van der Waals surface area contributed by atoms with E-state index < -0.39 is 16.0 Å². The molecule has 0 saturated heterocycles. The van der Waals surface area contributed by atoms with Crippen LogP contribution in [0.3, 0.4) is 0 Å². The summed E-state index contributed by atoms with van der Waals surface area (Å²) in [6, 6.07) is 12.6. The van der Waals surface area contributed by atoms with E-state index >= 15 is 0 Å². The highest BCUT2D eigenvalue weighted by Gasteiger charge is 2.24. The molecule has 0 aliphatic rings. The zero-order valence-corrected chi connectivity index (χ0v) is 16.1. The lowest BCUT2D eigenvalue weighted by Gasteiger charge is -2.10. The highest BCUT2D eigenvalue weighted by Crippen LogP contribution is 2.30. The van der Waals surface area contributed by atoms with Crippen LogP contribution in [0.5, 0.6) is 0 Å². The highest BCUT2D eigenvalue weighted by molar-refractivity contribution is 7.92. The average molecular weight is 401 g/mol. The van der Waals surface area contributed by atoms with Crippen molar-refractivity contribution in [3.05, 3.63) is 54.2 Å². The number of carbonyl (C=O) groups is 2. The van der Waals surface area contributed by atoms with Gasteiger partial charge in [0, 0.05) is 23.5 Å². The maximum absolute atomic E-state index is 12.8. The van der Waals surface area contributed by atoms with E-state index in [1.54, 1.807) is 31.2 Å². The Hall–Kier alpha value is -3.33. The quantitative estimate of drug-likeness (QED) is 0.549. The van der Waals surface area contributed by atoms with Crippen molar-refractivity contribution in [1.29, 1.82) is 0 Å². The Balaban J connectivity index is 1.99. The molecule has 0 spiro atoms. The van der Waals surface area contributed by atoms with Crippen molar-refractivity contribution in [2.75, 3.05) is 16.6 Å². The summed E-state index contributed by atoms with van der Waals surface area (Å²) in [5.41, 5.74) is 1.23. The van der Waals surface area contributed by atoms with E-state index in [-0.39, 0.29) is 28.8 Å². The number of rotatable bonds is 6. The molecule has 0 unspecified atom stereocenters. The van der Waals surface area contributed by atoms with Gasteiger partial charge < -0.3 is 15.0 Å². The topological polar surface area (TPSA) is 117 Å². The van der Waals surface area contributed by atoms with Gasteiger partial charge in [-0.3, -0.25) is 9.52 Å². The molecule has 0 saturated carbocycles.